The highest BCUT2D eigenvalue weighted by Crippen LogP contribution is 2.22. The van der Waals surface area contributed by atoms with Crippen molar-refractivity contribution in [1.82, 2.24) is 9.97 Å². The van der Waals surface area contributed by atoms with E-state index >= 15 is 0 Å². The Kier molecular flexibility index (Phi) is 2.50. The van der Waals surface area contributed by atoms with Crippen LogP contribution < -0.4 is 0 Å². The molecule has 2 rings (SSSR count). The van der Waals surface area contributed by atoms with Crippen molar-refractivity contribution in [2.24, 2.45) is 4.99 Å². The molecule has 0 amide bonds. The minimum absolute atomic E-state index is 0.662. The number of carbonyl (C=O) groups excluding carboxylic acids is 1. The molecule has 0 radical (unpaired) electrons. The van der Waals surface area contributed by atoms with E-state index in [-0.39, 0.29) is 0 Å². The third-order valence-corrected chi connectivity index (χ3v) is 2.40. The molecular weight excluding hydrogens is 202 g/mol. The first kappa shape index (κ1) is 10.5. The van der Waals surface area contributed by atoms with Gasteiger partial charge in [0.25, 0.3) is 0 Å². The molecule has 4 heteroatoms. The second-order valence-corrected chi connectivity index (χ2v) is 4.01. The van der Waals surface area contributed by atoms with Gasteiger partial charge in [-0.25, -0.2) is 9.78 Å². The summed E-state index contributed by atoms with van der Waals surface area (Å²) in [6, 6.07) is 7.58. The predicted octanol–water partition coefficient (Wildman–Crippen LogP) is 2.20. The van der Waals surface area contributed by atoms with Crippen LogP contribution in [0.3, 0.4) is 0 Å². The van der Waals surface area contributed by atoms with Crippen molar-refractivity contribution in [1.29, 1.82) is 0 Å². The number of hydrogen-bond acceptors (Lipinski definition) is 4. The highest BCUT2D eigenvalue weighted by molar-refractivity contribution is 5.73. The Morgan fingerprint density at radius 2 is 1.94 bits per heavy atom. The topological polar surface area (TPSA) is 55.2 Å². The van der Waals surface area contributed by atoms with Gasteiger partial charge in [0.05, 0.1) is 22.9 Å². The van der Waals surface area contributed by atoms with Gasteiger partial charge in [-0.2, -0.15) is 4.99 Å². The van der Waals surface area contributed by atoms with Gasteiger partial charge in [0.1, 0.15) is 5.54 Å². The molecule has 1 heterocycles. The average molecular weight is 213 g/mol. The highest BCUT2D eigenvalue weighted by Gasteiger charge is 2.21. The average Bonchev–Trinajstić information content (AvgIpc) is 2.28. The summed E-state index contributed by atoms with van der Waals surface area (Å²) in [6.07, 6.45) is 3.20. The lowest BCUT2D eigenvalue weighted by Crippen LogP contribution is -2.16. The fourth-order valence-electron chi connectivity index (χ4n) is 1.42. The molecule has 0 saturated carbocycles. The molecule has 0 bridgehead atoms. The number of isocyanates is 1. The van der Waals surface area contributed by atoms with E-state index in [1.165, 1.54) is 0 Å². The number of hydrogen-bond donors (Lipinski definition) is 0. The molecule has 0 aliphatic heterocycles. The summed E-state index contributed by atoms with van der Waals surface area (Å²) in [5.74, 6) is 0. The van der Waals surface area contributed by atoms with Gasteiger partial charge >= 0.3 is 0 Å². The lowest BCUT2D eigenvalue weighted by atomic mass is 10.0. The number of fused-ring (bicyclic) bond motifs is 1. The van der Waals surface area contributed by atoms with Crippen molar-refractivity contribution >= 4 is 17.1 Å². The first-order chi connectivity index (χ1) is 7.63. The van der Waals surface area contributed by atoms with Crippen LogP contribution in [0.25, 0.3) is 11.0 Å². The number of nitrogens with zero attached hydrogens (tertiary/aromatic N) is 3. The second kappa shape index (κ2) is 3.83. The van der Waals surface area contributed by atoms with E-state index in [1.807, 2.05) is 24.3 Å². The first-order valence-corrected chi connectivity index (χ1v) is 4.95. The molecule has 0 N–H and O–H groups in total. The van der Waals surface area contributed by atoms with Crippen LogP contribution in [0, 0.1) is 0 Å². The van der Waals surface area contributed by atoms with Crippen LogP contribution in [-0.2, 0) is 10.3 Å². The monoisotopic (exact) mass is 213 g/mol. The van der Waals surface area contributed by atoms with Gasteiger partial charge in [0.15, 0.2) is 0 Å². The normalized spacial score (nSPS) is 11.1. The Morgan fingerprint density at radius 1 is 1.25 bits per heavy atom. The number of para-hydroxylation sites is 2. The van der Waals surface area contributed by atoms with Crippen molar-refractivity contribution in [2.75, 3.05) is 0 Å². The highest BCUT2D eigenvalue weighted by atomic mass is 16.1. The molecule has 0 fully saturated rings. The van der Waals surface area contributed by atoms with E-state index in [9.17, 15) is 4.79 Å². The van der Waals surface area contributed by atoms with E-state index in [0.29, 0.717) is 5.69 Å². The van der Waals surface area contributed by atoms with Crippen LogP contribution >= 0.6 is 0 Å². The fraction of sp³-hybridized carbons (Fsp3) is 0.250. The van der Waals surface area contributed by atoms with Gasteiger partial charge in [-0.05, 0) is 26.0 Å². The maximum absolute atomic E-state index is 10.3. The van der Waals surface area contributed by atoms with E-state index in [1.54, 1.807) is 26.1 Å². The summed E-state index contributed by atoms with van der Waals surface area (Å²) in [5.41, 5.74) is 1.61. The molecule has 4 nitrogen and oxygen atoms in total. The van der Waals surface area contributed by atoms with Gasteiger partial charge in [-0.15, -0.1) is 0 Å². The third-order valence-electron chi connectivity index (χ3n) is 2.40. The van der Waals surface area contributed by atoms with Gasteiger partial charge in [0, 0.05) is 0 Å². The van der Waals surface area contributed by atoms with Crippen LogP contribution in [0.1, 0.15) is 19.5 Å². The zero-order valence-corrected chi connectivity index (χ0v) is 9.14. The number of benzene rings is 1. The minimum atomic E-state index is -0.682. The maximum Gasteiger partial charge on any atom is 0.235 e. The summed E-state index contributed by atoms with van der Waals surface area (Å²) in [5, 5.41) is 0. The van der Waals surface area contributed by atoms with Crippen LogP contribution in [0.2, 0.25) is 0 Å². The van der Waals surface area contributed by atoms with Gasteiger partial charge in [-0.3, -0.25) is 4.98 Å². The lowest BCUT2D eigenvalue weighted by Gasteiger charge is -2.16. The summed E-state index contributed by atoms with van der Waals surface area (Å²) >= 11 is 0. The largest absolute Gasteiger partial charge is 0.253 e. The summed E-state index contributed by atoms with van der Waals surface area (Å²) in [6.45, 7) is 3.60. The molecule has 2 aromatic rings. The molecule has 0 spiro atoms. The predicted molar refractivity (Wildman–Crippen MR) is 60.7 cm³/mol. The van der Waals surface area contributed by atoms with E-state index in [0.717, 1.165) is 11.0 Å². The number of aliphatic imine (C=N–C) groups is 1. The Balaban J connectivity index is 2.59. The molecule has 0 saturated heterocycles. The van der Waals surface area contributed by atoms with E-state index < -0.39 is 5.54 Å². The maximum atomic E-state index is 10.3. The fourth-order valence-corrected chi connectivity index (χ4v) is 1.42. The van der Waals surface area contributed by atoms with Crippen LogP contribution in [0.15, 0.2) is 35.5 Å². The Labute approximate surface area is 93.1 Å². The second-order valence-electron chi connectivity index (χ2n) is 4.01. The van der Waals surface area contributed by atoms with E-state index in [4.69, 9.17) is 0 Å². The van der Waals surface area contributed by atoms with Crippen LogP contribution in [-0.4, -0.2) is 16.0 Å². The number of rotatable bonds is 2. The zero-order valence-electron chi connectivity index (χ0n) is 9.14. The number of aromatic nitrogens is 2. The van der Waals surface area contributed by atoms with Crippen molar-refractivity contribution < 1.29 is 4.79 Å². The SMILES string of the molecule is CC(C)(N=C=O)c1cnc2ccccc2n1. The van der Waals surface area contributed by atoms with Crippen molar-refractivity contribution in [2.45, 2.75) is 19.4 Å². The molecule has 0 aliphatic carbocycles. The molecule has 0 atom stereocenters. The zero-order chi connectivity index (χ0) is 11.6. The van der Waals surface area contributed by atoms with Gasteiger partial charge in [0.2, 0.25) is 6.08 Å². The van der Waals surface area contributed by atoms with Crippen molar-refractivity contribution in [3.8, 4) is 0 Å². The minimum Gasteiger partial charge on any atom is -0.253 e. The smallest absolute Gasteiger partial charge is 0.235 e. The molecular formula is C12H11N3O. The van der Waals surface area contributed by atoms with Gasteiger partial charge in [-0.1, -0.05) is 12.1 Å². The van der Waals surface area contributed by atoms with Crippen LogP contribution in [0.5, 0.6) is 0 Å². The quantitative estimate of drug-likeness (QED) is 0.567. The Hall–Kier alpha value is -2.06. The summed E-state index contributed by atoms with van der Waals surface area (Å²) < 4.78 is 0. The molecule has 0 aliphatic rings. The van der Waals surface area contributed by atoms with E-state index in [2.05, 4.69) is 15.0 Å². The molecule has 1 aromatic carbocycles. The summed E-state index contributed by atoms with van der Waals surface area (Å²) in [4.78, 5) is 22.8. The Bertz CT molecular complexity index is 571. The van der Waals surface area contributed by atoms with Crippen molar-refractivity contribution in [3.05, 3.63) is 36.2 Å². The van der Waals surface area contributed by atoms with Crippen molar-refractivity contribution in [3.63, 3.8) is 0 Å². The lowest BCUT2D eigenvalue weighted by molar-refractivity contribution is 0.512. The summed E-state index contributed by atoms with van der Waals surface area (Å²) in [7, 11) is 0. The molecule has 80 valence electrons. The molecule has 1 aromatic heterocycles. The first-order valence-electron chi connectivity index (χ1n) is 4.95. The molecule has 0 unspecified atom stereocenters. The van der Waals surface area contributed by atoms with Crippen LogP contribution in [0.4, 0.5) is 0 Å². The van der Waals surface area contributed by atoms with Gasteiger partial charge < -0.3 is 0 Å². The standard InChI is InChI=1S/C12H11N3O/c1-12(2,14-8-16)11-7-13-9-5-3-4-6-10(9)15-11/h3-7H,1-2H3. The third kappa shape index (κ3) is 1.83. The molecule has 16 heavy (non-hydrogen) atoms. The Morgan fingerprint density at radius 3 is 2.62 bits per heavy atom.